The van der Waals surface area contributed by atoms with Crippen molar-refractivity contribution in [3.63, 3.8) is 0 Å². The molecule has 3 heterocycles. The van der Waals surface area contributed by atoms with E-state index in [1.807, 2.05) is 0 Å². The predicted octanol–water partition coefficient (Wildman–Crippen LogP) is 0.160. The molecule has 0 radical (unpaired) electrons. The third-order valence-corrected chi connectivity index (χ3v) is 6.15. The van der Waals surface area contributed by atoms with E-state index in [0.29, 0.717) is 5.56 Å². The van der Waals surface area contributed by atoms with E-state index in [1.165, 1.54) is 28.2 Å². The van der Waals surface area contributed by atoms with Gasteiger partial charge in [0.25, 0.3) is 23.0 Å². The molecule has 0 N–H and O–H groups in total. The average Bonchev–Trinajstić information content (AvgIpc) is 3.10. The molecule has 0 bridgehead atoms. The summed E-state index contributed by atoms with van der Waals surface area (Å²) < 4.78 is 8.62. The molecule has 10 nitrogen and oxygen atoms in total. The van der Waals surface area contributed by atoms with Gasteiger partial charge in [-0.05, 0) is 17.7 Å². The fourth-order valence-electron chi connectivity index (χ4n) is 4.02. The van der Waals surface area contributed by atoms with E-state index in [2.05, 4.69) is 15.9 Å². The normalized spacial score (nSPS) is 20.0. The first-order chi connectivity index (χ1) is 14.0. The molecular weight excluding hydrogens is 460 g/mol. The number of likely N-dealkylation sites (N-methyl/N-ethyl adjacent to an activating group) is 2. The maximum atomic E-state index is 13.4. The highest BCUT2D eigenvalue weighted by atomic mass is 79.9. The monoisotopic (exact) mass is 476 g/mol. The summed E-state index contributed by atoms with van der Waals surface area (Å²) >= 11 is 3.33. The third-order valence-electron chi connectivity index (χ3n) is 5.62. The number of halogens is 1. The van der Waals surface area contributed by atoms with Crippen LogP contribution in [-0.2, 0) is 23.7 Å². The number of urea groups is 1. The average molecular weight is 477 g/mol. The van der Waals surface area contributed by atoms with Crippen molar-refractivity contribution in [1.82, 2.24) is 18.9 Å². The second kappa shape index (κ2) is 6.39. The molecule has 0 aliphatic carbocycles. The highest BCUT2D eigenvalue weighted by Crippen LogP contribution is 2.49. The predicted molar refractivity (Wildman–Crippen MR) is 107 cm³/mol. The van der Waals surface area contributed by atoms with Crippen LogP contribution in [0.2, 0.25) is 0 Å². The minimum absolute atomic E-state index is 0.000212. The smallest absolute Gasteiger partial charge is 0.333 e. The van der Waals surface area contributed by atoms with Gasteiger partial charge in [0.15, 0.2) is 0 Å². The first-order valence-corrected chi connectivity index (χ1v) is 9.68. The molecule has 2 aliphatic heterocycles. The Hall–Kier alpha value is -3.21. The first-order valence-electron chi connectivity index (χ1n) is 8.88. The van der Waals surface area contributed by atoms with Crippen LogP contribution >= 0.6 is 15.9 Å². The van der Waals surface area contributed by atoms with Crippen LogP contribution in [0.3, 0.4) is 0 Å². The Bertz CT molecular complexity index is 1220. The molecule has 1 aromatic heterocycles. The van der Waals surface area contributed by atoms with Crippen LogP contribution in [-0.4, -0.2) is 56.5 Å². The van der Waals surface area contributed by atoms with Gasteiger partial charge in [0, 0.05) is 32.7 Å². The summed E-state index contributed by atoms with van der Waals surface area (Å²) in [5.74, 6) is -3.15. The summed E-state index contributed by atoms with van der Waals surface area (Å²) in [5.41, 5.74) is -3.13. The number of fused-ring (bicyclic) bond motifs is 1. The lowest BCUT2D eigenvalue weighted by Gasteiger charge is -2.41. The largest absolute Gasteiger partial charge is 0.450 e. The maximum absolute atomic E-state index is 13.4. The molecule has 4 rings (SSSR count). The lowest BCUT2D eigenvalue weighted by molar-refractivity contribution is -0.164. The minimum atomic E-state index is -2.23. The number of amides is 4. The zero-order chi connectivity index (χ0) is 22.1. The molecule has 2 aromatic rings. The third kappa shape index (κ3) is 2.32. The van der Waals surface area contributed by atoms with E-state index < -0.39 is 40.6 Å². The fraction of sp³-hybridized carbons (Fsp3) is 0.316. The molecule has 11 heteroatoms. The zero-order valence-corrected chi connectivity index (χ0v) is 18.1. The number of ether oxygens (including phenoxy) is 1. The first kappa shape index (κ1) is 20.1. The van der Waals surface area contributed by atoms with Crippen molar-refractivity contribution in [1.29, 1.82) is 0 Å². The van der Waals surface area contributed by atoms with Gasteiger partial charge in [-0.25, -0.2) is 9.59 Å². The highest BCUT2D eigenvalue weighted by molar-refractivity contribution is 9.10. The number of nitrogens with zero attached hydrogens (tertiary/aromatic N) is 4. The van der Waals surface area contributed by atoms with Gasteiger partial charge in [0.05, 0.1) is 11.5 Å². The van der Waals surface area contributed by atoms with Crippen LogP contribution < -0.4 is 16.0 Å². The van der Waals surface area contributed by atoms with Crippen LogP contribution in [0.25, 0.3) is 0 Å². The van der Waals surface area contributed by atoms with Gasteiger partial charge in [-0.15, -0.1) is 0 Å². The number of aromatic nitrogens is 2. The quantitative estimate of drug-likeness (QED) is 0.542. The number of benzene rings is 1. The number of carbonyl (C=O) groups excluding carboxylic acids is 3. The summed E-state index contributed by atoms with van der Waals surface area (Å²) in [6.45, 7) is 0. The molecule has 30 heavy (non-hydrogen) atoms. The second-order valence-electron chi connectivity index (χ2n) is 7.26. The Balaban J connectivity index is 2.12. The number of imide groups is 2. The van der Waals surface area contributed by atoms with E-state index in [0.717, 1.165) is 23.4 Å². The van der Waals surface area contributed by atoms with Crippen molar-refractivity contribution in [2.75, 3.05) is 14.1 Å². The van der Waals surface area contributed by atoms with Crippen LogP contribution in [0, 0.1) is 0 Å². The number of rotatable bonds is 1. The molecule has 2 aliphatic rings. The summed E-state index contributed by atoms with van der Waals surface area (Å²) in [6.07, 6.45) is 0. The Kier molecular flexibility index (Phi) is 4.28. The van der Waals surface area contributed by atoms with Gasteiger partial charge in [0.1, 0.15) is 0 Å². The summed E-state index contributed by atoms with van der Waals surface area (Å²) in [6, 6.07) is 5.88. The Labute approximate surface area is 178 Å². The lowest BCUT2D eigenvalue weighted by Crippen LogP contribution is -2.70. The van der Waals surface area contributed by atoms with E-state index in [4.69, 9.17) is 4.74 Å². The zero-order valence-electron chi connectivity index (χ0n) is 16.5. The van der Waals surface area contributed by atoms with Crippen molar-refractivity contribution in [2.24, 2.45) is 14.1 Å². The van der Waals surface area contributed by atoms with Gasteiger partial charge < -0.3 is 4.74 Å². The molecule has 1 atom stereocenters. The van der Waals surface area contributed by atoms with Gasteiger partial charge >= 0.3 is 11.7 Å². The van der Waals surface area contributed by atoms with Crippen molar-refractivity contribution >= 4 is 33.8 Å². The van der Waals surface area contributed by atoms with E-state index in [1.54, 1.807) is 24.3 Å². The minimum Gasteiger partial charge on any atom is -0.450 e. The van der Waals surface area contributed by atoms with Crippen LogP contribution in [0.5, 0.6) is 5.88 Å². The van der Waals surface area contributed by atoms with Gasteiger partial charge in [-0.3, -0.25) is 33.3 Å². The van der Waals surface area contributed by atoms with Crippen LogP contribution in [0.15, 0.2) is 38.3 Å². The number of barbiturate groups is 1. The Morgan fingerprint density at radius 3 is 1.93 bits per heavy atom. The summed E-state index contributed by atoms with van der Waals surface area (Å²) in [5, 5.41) is 0. The molecular formula is C19H17BrN4O6. The molecule has 1 spiro atoms. The fourth-order valence-corrected chi connectivity index (χ4v) is 4.28. The Morgan fingerprint density at radius 2 is 1.40 bits per heavy atom. The topological polar surface area (TPSA) is 111 Å². The van der Waals surface area contributed by atoms with Gasteiger partial charge in [0.2, 0.25) is 5.88 Å². The van der Waals surface area contributed by atoms with Crippen molar-refractivity contribution in [2.45, 2.75) is 11.5 Å². The van der Waals surface area contributed by atoms with Crippen molar-refractivity contribution < 1.29 is 19.1 Å². The van der Waals surface area contributed by atoms with Gasteiger partial charge in [-0.2, -0.15) is 0 Å². The molecule has 1 saturated heterocycles. The Morgan fingerprint density at radius 1 is 0.867 bits per heavy atom. The standard InChI is InChI=1S/C19H17BrN4O6/c1-21-13(25)11-12(9-5-7-10(20)8-6-9)19(30-14(11)22(2)17(21)28)15(26)23(3)18(29)24(4)16(19)27/h5-8,12H,1-4H3. The lowest BCUT2D eigenvalue weighted by atomic mass is 9.77. The summed E-state index contributed by atoms with van der Waals surface area (Å²) in [4.78, 5) is 66.1. The highest BCUT2D eigenvalue weighted by Gasteiger charge is 2.68. The van der Waals surface area contributed by atoms with Gasteiger partial charge in [-0.1, -0.05) is 28.1 Å². The molecule has 1 aromatic carbocycles. The van der Waals surface area contributed by atoms with Crippen molar-refractivity contribution in [3.05, 3.63) is 60.7 Å². The number of hydrogen-bond donors (Lipinski definition) is 0. The summed E-state index contributed by atoms with van der Waals surface area (Å²) in [7, 11) is 5.16. The second-order valence-corrected chi connectivity index (χ2v) is 8.17. The number of hydrogen-bond acceptors (Lipinski definition) is 6. The van der Waals surface area contributed by atoms with Crippen LogP contribution in [0.4, 0.5) is 4.79 Å². The molecule has 1 fully saturated rings. The SMILES string of the molecule is CN1C(=O)N(C)C(=O)C2(Oc3c(c(=O)n(C)c(=O)n3C)C2c2ccc(Br)cc2)C1=O. The van der Waals surface area contributed by atoms with E-state index in [9.17, 15) is 24.0 Å². The molecule has 0 saturated carbocycles. The van der Waals surface area contributed by atoms with E-state index in [-0.39, 0.29) is 11.4 Å². The maximum Gasteiger partial charge on any atom is 0.333 e. The molecule has 156 valence electrons. The molecule has 4 amide bonds. The van der Waals surface area contributed by atoms with E-state index >= 15 is 0 Å². The number of carbonyl (C=O) groups is 3. The van der Waals surface area contributed by atoms with Crippen molar-refractivity contribution in [3.8, 4) is 5.88 Å². The van der Waals surface area contributed by atoms with Crippen LogP contribution in [0.1, 0.15) is 17.0 Å². The molecule has 1 unspecified atom stereocenters.